The molecule has 0 spiro atoms. The number of likely N-dealkylation sites (tertiary alicyclic amines) is 1. The molecule has 3 amide bonds. The molecule has 3 aromatic heterocycles. The van der Waals surface area contributed by atoms with Gasteiger partial charge < -0.3 is 39.9 Å². The molecule has 0 saturated carbocycles. The molecule has 0 aliphatic carbocycles. The number of alkyl carbamates (subject to hydrolysis) is 1. The zero-order valence-electron chi connectivity index (χ0n) is 32.6. The highest BCUT2D eigenvalue weighted by molar-refractivity contribution is 5.97. The van der Waals surface area contributed by atoms with Crippen LogP contribution in [-0.4, -0.2) is 99.5 Å². The summed E-state index contributed by atoms with van der Waals surface area (Å²) in [5.41, 5.74) is 3.42. The molecule has 0 radical (unpaired) electrons. The monoisotopic (exact) mass is 775 g/mol. The molecule has 5 atom stereocenters. The number of nitrogens with zero attached hydrogens (tertiary/aromatic N) is 3. The summed E-state index contributed by atoms with van der Waals surface area (Å²) in [5.74, 6) is -2.14. The van der Waals surface area contributed by atoms with Gasteiger partial charge in [0, 0.05) is 84.1 Å². The molecule has 0 bridgehead atoms. The Bertz CT molecular complexity index is 2260. The molecule has 57 heavy (non-hydrogen) atoms. The van der Waals surface area contributed by atoms with E-state index in [1.165, 1.54) is 7.11 Å². The summed E-state index contributed by atoms with van der Waals surface area (Å²) in [5, 5.41) is 7.61. The smallest absolute Gasteiger partial charge is 0.408 e. The first-order valence-electron chi connectivity index (χ1n) is 19.4. The number of methoxy groups -OCH3 is 1. The van der Waals surface area contributed by atoms with Crippen molar-refractivity contribution in [2.45, 2.75) is 82.6 Å². The Labute approximate surface area is 330 Å². The lowest BCUT2D eigenvalue weighted by atomic mass is 9.93. The highest BCUT2D eigenvalue weighted by atomic mass is 16.6. The number of rotatable bonds is 12. The first kappa shape index (κ1) is 39.1. The summed E-state index contributed by atoms with van der Waals surface area (Å²) in [4.78, 5) is 83.5. The quantitative estimate of drug-likeness (QED) is 0.129. The van der Waals surface area contributed by atoms with Gasteiger partial charge in [0.05, 0.1) is 13.2 Å². The van der Waals surface area contributed by atoms with Crippen molar-refractivity contribution >= 4 is 57.2 Å². The number of benzene rings is 2. The molecule has 14 heteroatoms. The van der Waals surface area contributed by atoms with E-state index in [2.05, 4.69) is 25.6 Å². The maximum atomic E-state index is 14.6. The zero-order valence-corrected chi connectivity index (χ0v) is 32.6. The largest absolute Gasteiger partial charge is 0.467 e. The predicted octanol–water partition coefficient (Wildman–Crippen LogP) is 4.84. The van der Waals surface area contributed by atoms with Gasteiger partial charge in [0.25, 0.3) is 0 Å². The molecule has 2 fully saturated rings. The molecule has 2 aliphatic heterocycles. The Balaban J connectivity index is 1.11. The van der Waals surface area contributed by atoms with Crippen LogP contribution in [0.5, 0.6) is 0 Å². The van der Waals surface area contributed by atoms with Crippen LogP contribution in [0.1, 0.15) is 51.2 Å². The summed E-state index contributed by atoms with van der Waals surface area (Å²) >= 11 is 0. The summed E-state index contributed by atoms with van der Waals surface area (Å²) < 4.78 is 10.7. The van der Waals surface area contributed by atoms with Crippen LogP contribution in [0.4, 0.5) is 10.5 Å². The number of para-hydroxylation sites is 2. The number of Topliss-reactive ketones (excluding diaryl/α,β-unsaturated/α-hetero) is 1. The highest BCUT2D eigenvalue weighted by Gasteiger charge is 2.46. The van der Waals surface area contributed by atoms with Gasteiger partial charge in [0.15, 0.2) is 5.78 Å². The number of nitrogens with one attached hydrogen (secondary N) is 4. The molecule has 2 aromatic carbocycles. The van der Waals surface area contributed by atoms with Gasteiger partial charge in [-0.15, -0.1) is 0 Å². The van der Waals surface area contributed by atoms with Gasteiger partial charge >= 0.3 is 12.1 Å². The number of ketones is 1. The van der Waals surface area contributed by atoms with Gasteiger partial charge in [-0.05, 0) is 75.4 Å². The van der Waals surface area contributed by atoms with Gasteiger partial charge in [0.2, 0.25) is 11.8 Å². The minimum Gasteiger partial charge on any atom is -0.467 e. The number of pyridine rings is 1. The molecular weight excluding hydrogens is 727 g/mol. The Morgan fingerprint density at radius 1 is 0.842 bits per heavy atom. The van der Waals surface area contributed by atoms with Crippen LogP contribution in [0.15, 0.2) is 85.5 Å². The minimum atomic E-state index is -1.00. The topological polar surface area (TPSA) is 179 Å². The Morgan fingerprint density at radius 2 is 1.46 bits per heavy atom. The summed E-state index contributed by atoms with van der Waals surface area (Å²) in [6.45, 7) is 5.82. The van der Waals surface area contributed by atoms with Crippen molar-refractivity contribution < 1.29 is 33.4 Å². The van der Waals surface area contributed by atoms with E-state index in [4.69, 9.17) is 9.47 Å². The summed E-state index contributed by atoms with van der Waals surface area (Å²) in [6.07, 6.45) is 7.77. The summed E-state index contributed by atoms with van der Waals surface area (Å²) in [6, 6.07) is 15.5. The molecule has 2 saturated heterocycles. The van der Waals surface area contributed by atoms with Crippen molar-refractivity contribution in [1.82, 2.24) is 30.5 Å². The fraction of sp³-hybridized carbons (Fsp3) is 0.395. The standard InChI is InChI=1S/C43H49N7O7/c1-43(2,3)57-42(55)48-34(20-26-23-45-32-12-7-5-10-30(26)32)40(53)49-19-9-14-36(49)38(51)28-22-37(50(25-28)29-15-17-44-18-16-29)39(52)47-35(41(54)56-4)21-27-24-46-33-13-8-6-11-31(27)33/h5-8,10-13,15-18,23-24,28,34-37,45-46H,9,14,19-22,25H2,1-4H3,(H,47,52)(H,48,55)/t28-,34-,35+,36-,37+/m1/s1. The second-order valence-corrected chi connectivity index (χ2v) is 15.8. The van der Waals surface area contributed by atoms with E-state index in [0.717, 1.165) is 32.9 Å². The van der Waals surface area contributed by atoms with Crippen molar-refractivity contribution in [2.75, 3.05) is 25.1 Å². The number of fused-ring (bicyclic) bond motifs is 2. The normalized spacial score (nSPS) is 19.3. The second-order valence-electron chi connectivity index (χ2n) is 15.8. The average molecular weight is 776 g/mol. The average Bonchev–Trinajstić information content (AvgIpc) is 4.03. The lowest BCUT2D eigenvalue weighted by molar-refractivity contribution is -0.145. The Kier molecular flexibility index (Phi) is 11.3. The van der Waals surface area contributed by atoms with Crippen molar-refractivity contribution in [2.24, 2.45) is 5.92 Å². The van der Waals surface area contributed by atoms with Gasteiger partial charge in [-0.3, -0.25) is 19.4 Å². The van der Waals surface area contributed by atoms with Crippen LogP contribution < -0.4 is 15.5 Å². The number of aromatic nitrogens is 3. The number of hydrogen-bond donors (Lipinski definition) is 4. The zero-order chi connectivity index (χ0) is 40.3. The molecule has 7 rings (SSSR count). The third-order valence-electron chi connectivity index (χ3n) is 10.9. The van der Waals surface area contributed by atoms with E-state index in [1.807, 2.05) is 65.8 Å². The molecule has 0 unspecified atom stereocenters. The molecule has 14 nitrogen and oxygen atoms in total. The van der Waals surface area contributed by atoms with E-state index < -0.39 is 53.7 Å². The maximum Gasteiger partial charge on any atom is 0.408 e. The Morgan fingerprint density at radius 3 is 2.07 bits per heavy atom. The van der Waals surface area contributed by atoms with E-state index >= 15 is 0 Å². The van der Waals surface area contributed by atoms with Crippen LogP contribution in [0.3, 0.4) is 0 Å². The van der Waals surface area contributed by atoms with Crippen LogP contribution >= 0.6 is 0 Å². The van der Waals surface area contributed by atoms with E-state index in [-0.39, 0.29) is 37.5 Å². The number of amides is 3. The van der Waals surface area contributed by atoms with Crippen LogP contribution in [0.25, 0.3) is 21.8 Å². The van der Waals surface area contributed by atoms with E-state index in [0.29, 0.717) is 25.1 Å². The lowest BCUT2D eigenvalue weighted by Crippen LogP contribution is -2.54. The fourth-order valence-electron chi connectivity index (χ4n) is 8.20. The highest BCUT2D eigenvalue weighted by Crippen LogP contribution is 2.34. The number of carbonyl (C=O) groups excluding carboxylic acids is 5. The van der Waals surface area contributed by atoms with Crippen molar-refractivity contribution in [1.29, 1.82) is 0 Å². The minimum absolute atomic E-state index is 0.151. The molecule has 5 aromatic rings. The number of H-pyrrole nitrogens is 2. The predicted molar refractivity (Wildman–Crippen MR) is 214 cm³/mol. The summed E-state index contributed by atoms with van der Waals surface area (Å²) in [7, 11) is 1.28. The van der Waals surface area contributed by atoms with Gasteiger partial charge in [-0.2, -0.15) is 0 Å². The van der Waals surface area contributed by atoms with Crippen LogP contribution in [0, 0.1) is 5.92 Å². The lowest BCUT2D eigenvalue weighted by Gasteiger charge is -2.30. The van der Waals surface area contributed by atoms with Gasteiger partial charge in [-0.1, -0.05) is 36.4 Å². The Hall–Kier alpha value is -6.18. The van der Waals surface area contributed by atoms with Crippen molar-refractivity contribution in [3.8, 4) is 0 Å². The van der Waals surface area contributed by atoms with Gasteiger partial charge in [-0.25, -0.2) is 9.59 Å². The fourth-order valence-corrected chi connectivity index (χ4v) is 8.20. The molecule has 2 aliphatic rings. The molecule has 5 heterocycles. The SMILES string of the molecule is COC(=O)[C@H](Cc1c[nH]c2ccccc12)NC(=O)[C@@H]1C[C@@H](C(=O)[C@H]2CCCN2C(=O)[C@@H](Cc2c[nH]c3ccccc23)NC(=O)OC(C)(C)C)CN1c1ccncc1. The van der Waals surface area contributed by atoms with Gasteiger partial charge in [0.1, 0.15) is 23.7 Å². The molecular formula is C43H49N7O7. The third-order valence-corrected chi connectivity index (χ3v) is 10.9. The first-order valence-corrected chi connectivity index (χ1v) is 19.4. The van der Waals surface area contributed by atoms with Crippen LogP contribution in [0.2, 0.25) is 0 Å². The molecule has 298 valence electrons. The molecule has 4 N–H and O–H groups in total. The maximum absolute atomic E-state index is 14.6. The number of esters is 1. The second kappa shape index (κ2) is 16.5. The van der Waals surface area contributed by atoms with Crippen molar-refractivity contribution in [3.63, 3.8) is 0 Å². The van der Waals surface area contributed by atoms with E-state index in [9.17, 15) is 24.0 Å². The van der Waals surface area contributed by atoms with E-state index in [1.54, 1.807) is 50.2 Å². The number of anilines is 1. The van der Waals surface area contributed by atoms with Crippen LogP contribution in [-0.2, 0) is 41.5 Å². The number of carbonyl (C=O) groups is 5. The third kappa shape index (κ3) is 8.64. The first-order chi connectivity index (χ1) is 27.4. The van der Waals surface area contributed by atoms with Crippen molar-refractivity contribution in [3.05, 3.63) is 96.6 Å². The number of aromatic amines is 2. The number of hydrogen-bond acceptors (Lipinski definition) is 9. The number of ether oxygens (including phenoxy) is 2.